The lowest BCUT2D eigenvalue weighted by Crippen LogP contribution is -2.43. The molecule has 7 nitrogen and oxygen atoms in total. The molecule has 1 N–H and O–H groups in total. The Balaban J connectivity index is 2.29. The number of aryl methyl sites for hydroxylation is 1. The Kier molecular flexibility index (Phi) is 5.87. The first-order chi connectivity index (χ1) is 13.9. The lowest BCUT2D eigenvalue weighted by molar-refractivity contribution is -0.122. The zero-order valence-corrected chi connectivity index (χ0v) is 17.1. The van der Waals surface area contributed by atoms with Gasteiger partial charge in [0.25, 0.3) is 5.56 Å². The van der Waals surface area contributed by atoms with Crippen LogP contribution < -0.4 is 21.3 Å². The summed E-state index contributed by atoms with van der Waals surface area (Å²) in [4.78, 5) is 39.1. The van der Waals surface area contributed by atoms with Gasteiger partial charge in [0.2, 0.25) is 5.91 Å². The minimum absolute atomic E-state index is 0.00756. The predicted octanol–water partition coefficient (Wildman–Crippen LogP) is 2.38. The summed E-state index contributed by atoms with van der Waals surface area (Å²) in [5, 5.41) is 3.23. The second kappa shape index (κ2) is 8.34. The quantitative estimate of drug-likeness (QED) is 0.695. The number of fused-ring (bicyclic) bond motifs is 1. The molecule has 0 unspecified atom stereocenters. The van der Waals surface area contributed by atoms with Crippen molar-refractivity contribution in [3.63, 3.8) is 0 Å². The number of hydrogen-bond donors (Lipinski definition) is 1. The van der Waals surface area contributed by atoms with Gasteiger partial charge >= 0.3 is 5.69 Å². The molecule has 2 aromatic carbocycles. The second-order valence-corrected chi connectivity index (χ2v) is 7.08. The maximum atomic E-state index is 13.3. The van der Waals surface area contributed by atoms with Crippen molar-refractivity contribution in [1.82, 2.24) is 14.5 Å². The first kappa shape index (κ1) is 20.4. The van der Waals surface area contributed by atoms with Crippen molar-refractivity contribution in [2.75, 3.05) is 7.11 Å². The molecule has 1 heterocycles. The van der Waals surface area contributed by atoms with Crippen molar-refractivity contribution in [1.29, 1.82) is 0 Å². The average molecular weight is 395 g/mol. The number of hydrogen-bond acceptors (Lipinski definition) is 4. The normalized spacial score (nSPS) is 12.0. The van der Waals surface area contributed by atoms with Gasteiger partial charge in [-0.15, -0.1) is 0 Å². The number of rotatable bonds is 6. The van der Waals surface area contributed by atoms with Gasteiger partial charge in [0.15, 0.2) is 0 Å². The van der Waals surface area contributed by atoms with Crippen LogP contribution in [-0.4, -0.2) is 28.2 Å². The number of para-hydroxylation sites is 2. The van der Waals surface area contributed by atoms with Crippen molar-refractivity contribution in [2.45, 2.75) is 39.8 Å². The standard InChI is InChI=1S/C22H25N3O4/c1-5-15(3)23-20(26)13-24-17-11-10-14(2)12-16(17)21(27)25(22(24)28)18-8-6-7-9-19(18)29-4/h6-12,15H,5,13H2,1-4H3,(H,23,26)/t15-/m0/s1. The number of aromatic nitrogens is 2. The van der Waals surface area contributed by atoms with Gasteiger partial charge in [-0.1, -0.05) is 30.7 Å². The van der Waals surface area contributed by atoms with Crippen molar-refractivity contribution < 1.29 is 9.53 Å². The third-order valence-corrected chi connectivity index (χ3v) is 4.95. The van der Waals surface area contributed by atoms with E-state index < -0.39 is 11.2 Å². The summed E-state index contributed by atoms with van der Waals surface area (Å²) >= 11 is 0. The molecule has 1 aromatic heterocycles. The van der Waals surface area contributed by atoms with Crippen molar-refractivity contribution in [3.05, 3.63) is 68.9 Å². The van der Waals surface area contributed by atoms with E-state index in [1.165, 1.54) is 11.7 Å². The summed E-state index contributed by atoms with van der Waals surface area (Å²) < 4.78 is 7.75. The molecule has 0 saturated carbocycles. The maximum Gasteiger partial charge on any atom is 0.336 e. The monoisotopic (exact) mass is 395 g/mol. The summed E-state index contributed by atoms with van der Waals surface area (Å²) in [6.07, 6.45) is 0.779. The van der Waals surface area contributed by atoms with Crippen LogP contribution in [-0.2, 0) is 11.3 Å². The molecule has 7 heteroatoms. The highest BCUT2D eigenvalue weighted by molar-refractivity contribution is 5.82. The van der Waals surface area contributed by atoms with E-state index in [1.54, 1.807) is 36.4 Å². The van der Waals surface area contributed by atoms with Crippen LogP contribution in [0.5, 0.6) is 5.75 Å². The molecule has 0 fully saturated rings. The molecule has 0 radical (unpaired) electrons. The molecule has 0 bridgehead atoms. The van der Waals surface area contributed by atoms with E-state index in [2.05, 4.69) is 5.32 Å². The van der Waals surface area contributed by atoms with E-state index in [1.807, 2.05) is 26.8 Å². The van der Waals surface area contributed by atoms with Crippen LogP contribution in [0, 0.1) is 6.92 Å². The molecule has 0 aliphatic heterocycles. The molecule has 3 rings (SSSR count). The van der Waals surface area contributed by atoms with Gasteiger partial charge in [-0.2, -0.15) is 0 Å². The second-order valence-electron chi connectivity index (χ2n) is 7.08. The van der Waals surface area contributed by atoms with E-state index in [0.29, 0.717) is 22.3 Å². The van der Waals surface area contributed by atoms with Crippen LogP contribution in [0.4, 0.5) is 0 Å². The number of benzene rings is 2. The smallest absolute Gasteiger partial charge is 0.336 e. The summed E-state index contributed by atoms with van der Waals surface area (Å²) in [7, 11) is 1.48. The highest BCUT2D eigenvalue weighted by atomic mass is 16.5. The maximum absolute atomic E-state index is 13.3. The summed E-state index contributed by atoms with van der Waals surface area (Å²) in [5.41, 5.74) is 0.614. The van der Waals surface area contributed by atoms with E-state index in [-0.39, 0.29) is 18.5 Å². The van der Waals surface area contributed by atoms with E-state index in [0.717, 1.165) is 16.6 Å². The highest BCUT2D eigenvalue weighted by Crippen LogP contribution is 2.20. The van der Waals surface area contributed by atoms with Crippen LogP contribution in [0.2, 0.25) is 0 Å². The first-order valence-electron chi connectivity index (χ1n) is 9.56. The number of nitrogens with one attached hydrogen (secondary N) is 1. The van der Waals surface area contributed by atoms with E-state index >= 15 is 0 Å². The topological polar surface area (TPSA) is 82.3 Å². The van der Waals surface area contributed by atoms with Gasteiger partial charge in [0.05, 0.1) is 23.7 Å². The van der Waals surface area contributed by atoms with Crippen LogP contribution in [0.1, 0.15) is 25.8 Å². The van der Waals surface area contributed by atoms with Gasteiger partial charge < -0.3 is 10.1 Å². The van der Waals surface area contributed by atoms with Gasteiger partial charge in [0, 0.05) is 6.04 Å². The minimum Gasteiger partial charge on any atom is -0.495 e. The Labute approximate surface area is 168 Å². The van der Waals surface area contributed by atoms with Crippen LogP contribution >= 0.6 is 0 Å². The molecule has 1 atom stereocenters. The molecule has 152 valence electrons. The highest BCUT2D eigenvalue weighted by Gasteiger charge is 2.19. The summed E-state index contributed by atoms with van der Waals surface area (Å²) in [5.74, 6) is 0.114. The van der Waals surface area contributed by atoms with Gasteiger partial charge in [-0.05, 0) is 44.5 Å². The third kappa shape index (κ3) is 3.94. The van der Waals surface area contributed by atoms with Crippen LogP contribution in [0.25, 0.3) is 16.6 Å². The summed E-state index contributed by atoms with van der Waals surface area (Å²) in [6.45, 7) is 5.56. The third-order valence-electron chi connectivity index (χ3n) is 4.95. The lowest BCUT2D eigenvalue weighted by Gasteiger charge is -2.17. The van der Waals surface area contributed by atoms with Crippen LogP contribution in [0.3, 0.4) is 0 Å². The molecule has 0 spiro atoms. The predicted molar refractivity (Wildman–Crippen MR) is 113 cm³/mol. The Morgan fingerprint density at radius 1 is 1.17 bits per heavy atom. The molecule has 3 aromatic rings. The van der Waals surface area contributed by atoms with E-state index in [4.69, 9.17) is 4.74 Å². The fourth-order valence-electron chi connectivity index (χ4n) is 3.23. The van der Waals surface area contributed by atoms with Crippen LogP contribution in [0.15, 0.2) is 52.1 Å². The number of amides is 1. The Hall–Kier alpha value is -3.35. The fourth-order valence-corrected chi connectivity index (χ4v) is 3.23. The van der Waals surface area contributed by atoms with Crippen molar-refractivity contribution >= 4 is 16.8 Å². The molecule has 0 aliphatic rings. The molecule has 0 aliphatic carbocycles. The Bertz CT molecular complexity index is 1180. The lowest BCUT2D eigenvalue weighted by atomic mass is 10.1. The summed E-state index contributed by atoms with van der Waals surface area (Å²) in [6, 6.07) is 12.1. The SMILES string of the molecule is CC[C@H](C)NC(=O)Cn1c(=O)n(-c2ccccc2OC)c(=O)c2cc(C)ccc21. The number of methoxy groups -OCH3 is 1. The average Bonchev–Trinajstić information content (AvgIpc) is 2.71. The molecular weight excluding hydrogens is 370 g/mol. The number of carbonyl (C=O) groups excluding carboxylic acids is 1. The Morgan fingerprint density at radius 3 is 2.59 bits per heavy atom. The van der Waals surface area contributed by atoms with Gasteiger partial charge in [0.1, 0.15) is 12.3 Å². The largest absolute Gasteiger partial charge is 0.495 e. The Morgan fingerprint density at radius 2 is 1.90 bits per heavy atom. The van der Waals surface area contributed by atoms with Crippen molar-refractivity contribution in [3.8, 4) is 11.4 Å². The number of ether oxygens (including phenoxy) is 1. The molecule has 29 heavy (non-hydrogen) atoms. The van der Waals surface area contributed by atoms with Crippen molar-refractivity contribution in [2.24, 2.45) is 0 Å². The molecule has 1 amide bonds. The molecular formula is C22H25N3O4. The zero-order chi connectivity index (χ0) is 21.1. The van der Waals surface area contributed by atoms with Gasteiger partial charge in [-0.3, -0.25) is 14.2 Å². The zero-order valence-electron chi connectivity index (χ0n) is 17.1. The van der Waals surface area contributed by atoms with Gasteiger partial charge in [-0.25, -0.2) is 9.36 Å². The molecule has 0 saturated heterocycles. The minimum atomic E-state index is -0.588. The van der Waals surface area contributed by atoms with E-state index in [9.17, 15) is 14.4 Å². The fraction of sp³-hybridized carbons (Fsp3) is 0.318. The number of carbonyl (C=O) groups is 1. The first-order valence-corrected chi connectivity index (χ1v) is 9.56. The number of nitrogens with zero attached hydrogens (tertiary/aromatic N) is 2.